The van der Waals surface area contributed by atoms with E-state index in [1.807, 2.05) is 0 Å². The van der Waals surface area contributed by atoms with Gasteiger partial charge >= 0.3 is 6.48 Å². The van der Waals surface area contributed by atoms with E-state index in [1.165, 1.54) is 0 Å². The highest BCUT2D eigenvalue weighted by atomic mass is 16.8. The molecule has 0 aromatic heterocycles. The molecule has 3 heteroatoms. The fourth-order valence-corrected chi connectivity index (χ4v) is 0.876. The van der Waals surface area contributed by atoms with Crippen molar-refractivity contribution in [1.29, 1.82) is 0 Å². The Balaban J connectivity index is 2.42. The second-order valence-corrected chi connectivity index (χ2v) is 1.97. The Hall–Kier alpha value is -1.22. The van der Waals surface area contributed by atoms with Crippen LogP contribution in [0.2, 0.25) is 0 Å². The smallest absolute Gasteiger partial charge is 0.388 e. The first kappa shape index (κ1) is 5.56. The van der Waals surface area contributed by atoms with Gasteiger partial charge in [-0.15, -0.1) is 5.11 Å². The maximum Gasteiger partial charge on any atom is 0.388 e. The van der Waals surface area contributed by atoms with Crippen LogP contribution in [0.5, 0.6) is 11.5 Å². The van der Waals surface area contributed by atoms with Gasteiger partial charge in [0, 0.05) is 0 Å². The maximum absolute atomic E-state index is 10.5. The van der Waals surface area contributed by atoms with Crippen LogP contribution in [0.3, 0.4) is 0 Å². The van der Waals surface area contributed by atoms with Crippen LogP contribution in [-0.2, 0) is 5.11 Å². The topological polar surface area (TPSA) is 38.4 Å². The molecule has 0 saturated heterocycles. The molecule has 0 spiro atoms. The normalized spacial score (nSPS) is 15.7. The van der Waals surface area contributed by atoms with Crippen LogP contribution in [0.1, 0.15) is 0 Å². The van der Waals surface area contributed by atoms with Crippen LogP contribution in [0.15, 0.2) is 24.3 Å². The van der Waals surface area contributed by atoms with Crippen molar-refractivity contribution in [1.82, 2.24) is 0 Å². The van der Waals surface area contributed by atoms with Crippen molar-refractivity contribution in [3.05, 3.63) is 24.3 Å². The Morgan fingerprint density at radius 1 is 1.10 bits per heavy atom. The first-order valence-corrected chi connectivity index (χ1v) is 2.94. The zero-order valence-corrected chi connectivity index (χ0v) is 5.11. The van der Waals surface area contributed by atoms with Crippen molar-refractivity contribution in [2.24, 2.45) is 0 Å². The van der Waals surface area contributed by atoms with E-state index in [9.17, 15) is 5.11 Å². The standard InChI is InChI=1S/C7H5O3/c8-7-9-5-3-1-2-4-6(5)10-7/h1-4,7H. The van der Waals surface area contributed by atoms with Gasteiger partial charge in [0.2, 0.25) is 0 Å². The Kier molecular flexibility index (Phi) is 1.05. The first-order chi connectivity index (χ1) is 4.86. The second-order valence-electron chi connectivity index (χ2n) is 1.97. The van der Waals surface area contributed by atoms with Gasteiger partial charge in [-0.1, -0.05) is 12.1 Å². The molecular formula is C7H5O3. The summed E-state index contributed by atoms with van der Waals surface area (Å²) in [7, 11) is 0. The number of para-hydroxylation sites is 2. The van der Waals surface area contributed by atoms with Gasteiger partial charge < -0.3 is 9.47 Å². The molecule has 1 heterocycles. The van der Waals surface area contributed by atoms with Crippen molar-refractivity contribution in [2.45, 2.75) is 6.48 Å². The summed E-state index contributed by atoms with van der Waals surface area (Å²) in [5.41, 5.74) is 0. The van der Waals surface area contributed by atoms with E-state index in [-0.39, 0.29) is 0 Å². The summed E-state index contributed by atoms with van der Waals surface area (Å²) in [6, 6.07) is 6.99. The minimum absolute atomic E-state index is 0.530. The molecule has 0 N–H and O–H groups in total. The Labute approximate surface area is 57.8 Å². The van der Waals surface area contributed by atoms with E-state index in [1.54, 1.807) is 24.3 Å². The highest BCUT2D eigenvalue weighted by Gasteiger charge is 2.21. The van der Waals surface area contributed by atoms with E-state index in [2.05, 4.69) is 0 Å². The Morgan fingerprint density at radius 3 is 2.10 bits per heavy atom. The van der Waals surface area contributed by atoms with Crippen LogP contribution in [0.25, 0.3) is 0 Å². The fraction of sp³-hybridized carbons (Fsp3) is 0.143. The molecule has 1 aromatic carbocycles. The summed E-state index contributed by atoms with van der Waals surface area (Å²) >= 11 is 0. The molecule has 0 saturated carbocycles. The van der Waals surface area contributed by atoms with Crippen molar-refractivity contribution < 1.29 is 14.6 Å². The van der Waals surface area contributed by atoms with E-state index in [4.69, 9.17) is 9.47 Å². The average Bonchev–Trinajstić information content (AvgIpc) is 2.27. The second kappa shape index (κ2) is 1.88. The van der Waals surface area contributed by atoms with Gasteiger partial charge in [0.25, 0.3) is 0 Å². The van der Waals surface area contributed by atoms with Crippen LogP contribution >= 0.6 is 0 Å². The molecule has 51 valence electrons. The van der Waals surface area contributed by atoms with E-state index in [0.29, 0.717) is 11.5 Å². The number of hydrogen-bond acceptors (Lipinski definition) is 2. The lowest BCUT2D eigenvalue weighted by Gasteiger charge is -1.94. The molecule has 0 amide bonds. The minimum atomic E-state index is -1.38. The van der Waals surface area contributed by atoms with E-state index < -0.39 is 6.48 Å². The third-order valence-corrected chi connectivity index (χ3v) is 1.30. The van der Waals surface area contributed by atoms with E-state index >= 15 is 0 Å². The van der Waals surface area contributed by atoms with Crippen molar-refractivity contribution in [3.8, 4) is 11.5 Å². The lowest BCUT2D eigenvalue weighted by atomic mass is 10.3. The molecule has 1 aliphatic heterocycles. The number of ether oxygens (including phenoxy) is 2. The summed E-state index contributed by atoms with van der Waals surface area (Å²) in [6.07, 6.45) is 0. The predicted molar refractivity (Wildman–Crippen MR) is 32.2 cm³/mol. The third kappa shape index (κ3) is 0.717. The Morgan fingerprint density at radius 2 is 1.60 bits per heavy atom. The van der Waals surface area contributed by atoms with Crippen LogP contribution in [-0.4, -0.2) is 6.48 Å². The summed E-state index contributed by atoms with van der Waals surface area (Å²) < 4.78 is 9.46. The molecule has 0 fully saturated rings. The average molecular weight is 137 g/mol. The van der Waals surface area contributed by atoms with Gasteiger partial charge in [-0.25, -0.2) is 0 Å². The minimum Gasteiger partial charge on any atom is -0.427 e. The summed E-state index contributed by atoms with van der Waals surface area (Å²) in [4.78, 5) is 0. The van der Waals surface area contributed by atoms with Crippen molar-refractivity contribution >= 4 is 0 Å². The third-order valence-electron chi connectivity index (χ3n) is 1.30. The summed E-state index contributed by atoms with van der Waals surface area (Å²) in [5.74, 6) is 1.06. The molecule has 1 aromatic rings. The van der Waals surface area contributed by atoms with Crippen molar-refractivity contribution in [3.63, 3.8) is 0 Å². The largest absolute Gasteiger partial charge is 0.427 e. The zero-order valence-electron chi connectivity index (χ0n) is 5.11. The quantitative estimate of drug-likeness (QED) is 0.538. The zero-order chi connectivity index (χ0) is 6.97. The molecule has 0 atom stereocenters. The molecule has 3 nitrogen and oxygen atoms in total. The molecule has 1 radical (unpaired) electrons. The van der Waals surface area contributed by atoms with Gasteiger partial charge in [-0.2, -0.15) is 0 Å². The predicted octanol–water partition coefficient (Wildman–Crippen LogP) is 1.17. The number of benzene rings is 1. The maximum atomic E-state index is 10.5. The Bertz CT molecular complexity index is 221. The monoisotopic (exact) mass is 137 g/mol. The highest BCUT2D eigenvalue weighted by molar-refractivity contribution is 5.41. The number of rotatable bonds is 0. The molecule has 1 aliphatic rings. The molecule has 10 heavy (non-hydrogen) atoms. The van der Waals surface area contributed by atoms with Gasteiger partial charge in [0.1, 0.15) is 0 Å². The highest BCUT2D eigenvalue weighted by Crippen LogP contribution is 2.32. The summed E-state index contributed by atoms with van der Waals surface area (Å²) in [6.45, 7) is -1.38. The van der Waals surface area contributed by atoms with E-state index in [0.717, 1.165) is 0 Å². The van der Waals surface area contributed by atoms with Gasteiger partial charge in [0.15, 0.2) is 11.5 Å². The summed E-state index contributed by atoms with van der Waals surface area (Å²) in [5, 5.41) is 10.5. The molecule has 0 bridgehead atoms. The van der Waals surface area contributed by atoms with Gasteiger partial charge in [-0.3, -0.25) is 0 Å². The molecule has 0 unspecified atom stereocenters. The van der Waals surface area contributed by atoms with Gasteiger partial charge in [-0.05, 0) is 12.1 Å². The fourth-order valence-electron chi connectivity index (χ4n) is 0.876. The molecule has 2 rings (SSSR count). The lowest BCUT2D eigenvalue weighted by molar-refractivity contribution is -0.175. The van der Waals surface area contributed by atoms with Crippen LogP contribution in [0.4, 0.5) is 0 Å². The van der Waals surface area contributed by atoms with Gasteiger partial charge in [0.05, 0.1) is 0 Å². The first-order valence-electron chi connectivity index (χ1n) is 2.94. The SMILES string of the molecule is [O]C1Oc2ccccc2O1. The number of hydrogen-bond donors (Lipinski definition) is 0. The number of fused-ring (bicyclic) bond motifs is 1. The van der Waals surface area contributed by atoms with Crippen molar-refractivity contribution in [2.75, 3.05) is 0 Å². The molecular weight excluding hydrogens is 132 g/mol. The molecule has 0 aliphatic carbocycles. The lowest BCUT2D eigenvalue weighted by Crippen LogP contribution is -2.13. The van der Waals surface area contributed by atoms with Crippen LogP contribution < -0.4 is 9.47 Å². The van der Waals surface area contributed by atoms with Crippen LogP contribution in [0, 0.1) is 0 Å².